The second-order valence-electron chi connectivity index (χ2n) is 4.52. The largest absolute Gasteiger partial charge is 0.427 e. The monoisotopic (exact) mass is 258 g/mol. The van der Waals surface area contributed by atoms with Gasteiger partial charge in [0.2, 0.25) is 5.91 Å². The Labute approximate surface area is 110 Å². The van der Waals surface area contributed by atoms with Gasteiger partial charge in [0.1, 0.15) is 5.76 Å². The third-order valence-electron chi connectivity index (χ3n) is 3.21. The lowest BCUT2D eigenvalue weighted by Crippen LogP contribution is -2.36. The van der Waals surface area contributed by atoms with Gasteiger partial charge in [-0.1, -0.05) is 0 Å². The average molecular weight is 258 g/mol. The summed E-state index contributed by atoms with van der Waals surface area (Å²) in [6.45, 7) is 1.10. The maximum atomic E-state index is 12.2. The third kappa shape index (κ3) is 2.42. The summed E-state index contributed by atoms with van der Waals surface area (Å²) in [5.41, 5.74) is 7.34. The van der Waals surface area contributed by atoms with Crippen LogP contribution in [0.4, 0.5) is 6.01 Å². The van der Waals surface area contributed by atoms with Crippen LogP contribution in [0, 0.1) is 0 Å². The lowest BCUT2D eigenvalue weighted by atomic mass is 10.1. The lowest BCUT2D eigenvalue weighted by molar-refractivity contribution is -0.131. The van der Waals surface area contributed by atoms with E-state index in [1.165, 1.54) is 0 Å². The molecule has 6 heteroatoms. The van der Waals surface area contributed by atoms with Gasteiger partial charge >= 0.3 is 0 Å². The highest BCUT2D eigenvalue weighted by Gasteiger charge is 2.24. The Hall–Kier alpha value is -2.37. The zero-order valence-corrected chi connectivity index (χ0v) is 10.4. The van der Waals surface area contributed by atoms with Crippen LogP contribution in [0.1, 0.15) is 17.0 Å². The van der Waals surface area contributed by atoms with Crippen molar-refractivity contribution < 1.29 is 9.21 Å². The van der Waals surface area contributed by atoms with Gasteiger partial charge in [0, 0.05) is 25.4 Å². The van der Waals surface area contributed by atoms with Crippen molar-refractivity contribution in [1.82, 2.24) is 14.9 Å². The van der Waals surface area contributed by atoms with Crippen molar-refractivity contribution in [2.45, 2.75) is 19.4 Å². The molecule has 2 N–H and O–H groups in total. The summed E-state index contributed by atoms with van der Waals surface area (Å²) in [6.07, 6.45) is 4.45. The zero-order chi connectivity index (χ0) is 13.2. The molecule has 3 rings (SSSR count). The second kappa shape index (κ2) is 4.72. The first kappa shape index (κ1) is 11.7. The number of rotatable bonds is 2. The van der Waals surface area contributed by atoms with Crippen LogP contribution in [0.3, 0.4) is 0 Å². The quantitative estimate of drug-likeness (QED) is 0.860. The fourth-order valence-corrected chi connectivity index (χ4v) is 2.22. The first-order valence-electron chi connectivity index (χ1n) is 6.13. The minimum Gasteiger partial charge on any atom is -0.427 e. The molecule has 0 fully saturated rings. The molecule has 0 saturated carbocycles. The molecular formula is C13H14N4O2. The minimum absolute atomic E-state index is 0.0758. The van der Waals surface area contributed by atoms with Crippen LogP contribution in [0.15, 0.2) is 28.9 Å². The Morgan fingerprint density at radius 1 is 1.42 bits per heavy atom. The highest BCUT2D eigenvalue weighted by molar-refractivity contribution is 5.78. The van der Waals surface area contributed by atoms with Gasteiger partial charge < -0.3 is 15.1 Å². The van der Waals surface area contributed by atoms with Crippen LogP contribution in [0.25, 0.3) is 0 Å². The molecule has 2 aromatic heterocycles. The molecule has 6 nitrogen and oxygen atoms in total. The Morgan fingerprint density at radius 2 is 2.21 bits per heavy atom. The van der Waals surface area contributed by atoms with E-state index in [1.807, 2.05) is 12.1 Å². The predicted octanol–water partition coefficient (Wildman–Crippen LogP) is 0.779. The van der Waals surface area contributed by atoms with E-state index in [2.05, 4.69) is 9.97 Å². The summed E-state index contributed by atoms with van der Waals surface area (Å²) in [5.74, 6) is 0.777. The van der Waals surface area contributed by atoms with Crippen LogP contribution >= 0.6 is 0 Å². The van der Waals surface area contributed by atoms with E-state index in [9.17, 15) is 4.79 Å². The molecule has 0 bridgehead atoms. The molecule has 0 atom stereocenters. The minimum atomic E-state index is 0.0758. The molecule has 0 aromatic carbocycles. The van der Waals surface area contributed by atoms with Crippen molar-refractivity contribution in [3.8, 4) is 0 Å². The van der Waals surface area contributed by atoms with Crippen molar-refractivity contribution in [1.29, 1.82) is 0 Å². The first-order valence-corrected chi connectivity index (χ1v) is 6.13. The first-order chi connectivity index (χ1) is 9.22. The average Bonchev–Trinajstić information content (AvgIpc) is 2.78. The number of carbonyl (C=O) groups is 1. The molecule has 0 aliphatic carbocycles. The summed E-state index contributed by atoms with van der Waals surface area (Å²) in [6, 6.07) is 3.87. The van der Waals surface area contributed by atoms with Crippen LogP contribution in [0.5, 0.6) is 0 Å². The molecular weight excluding hydrogens is 244 g/mol. The smallest absolute Gasteiger partial charge is 0.292 e. The number of aromatic nitrogens is 2. The van der Waals surface area contributed by atoms with Gasteiger partial charge in [0.15, 0.2) is 0 Å². The second-order valence-corrected chi connectivity index (χ2v) is 4.52. The van der Waals surface area contributed by atoms with Crippen molar-refractivity contribution >= 4 is 11.9 Å². The summed E-state index contributed by atoms with van der Waals surface area (Å²) in [4.78, 5) is 22.0. The number of anilines is 1. The molecule has 0 radical (unpaired) electrons. The highest BCUT2D eigenvalue weighted by atomic mass is 16.4. The van der Waals surface area contributed by atoms with Gasteiger partial charge in [0.25, 0.3) is 6.01 Å². The number of nitrogens with zero attached hydrogens (tertiary/aromatic N) is 3. The number of nitrogen functional groups attached to an aromatic ring is 1. The molecule has 1 amide bonds. The zero-order valence-electron chi connectivity index (χ0n) is 10.4. The standard InChI is InChI=1S/C13H14N4O2/c14-13-16-10-3-6-17(8-11(10)19-13)12(18)7-9-1-4-15-5-2-9/h1-2,4-5H,3,6-8H2,(H2,14,16). The van der Waals surface area contributed by atoms with Crippen LogP contribution in [-0.4, -0.2) is 27.3 Å². The van der Waals surface area contributed by atoms with E-state index in [0.29, 0.717) is 31.7 Å². The Bertz CT molecular complexity index is 594. The van der Waals surface area contributed by atoms with E-state index in [-0.39, 0.29) is 11.9 Å². The van der Waals surface area contributed by atoms with E-state index in [4.69, 9.17) is 10.2 Å². The topological polar surface area (TPSA) is 85.2 Å². The van der Waals surface area contributed by atoms with Gasteiger partial charge in [-0.3, -0.25) is 9.78 Å². The molecule has 0 saturated heterocycles. The third-order valence-corrected chi connectivity index (χ3v) is 3.21. The molecule has 0 spiro atoms. The van der Waals surface area contributed by atoms with Crippen molar-refractivity contribution in [2.24, 2.45) is 0 Å². The SMILES string of the molecule is Nc1nc2c(o1)CN(C(=O)Cc1ccncc1)CC2. The number of nitrogens with two attached hydrogens (primary N) is 1. The number of fused-ring (bicyclic) bond motifs is 1. The highest BCUT2D eigenvalue weighted by Crippen LogP contribution is 2.21. The van der Waals surface area contributed by atoms with Gasteiger partial charge in [-0.2, -0.15) is 4.98 Å². The van der Waals surface area contributed by atoms with Gasteiger partial charge in [-0.15, -0.1) is 0 Å². The molecule has 2 aromatic rings. The molecule has 1 aliphatic rings. The number of carbonyl (C=O) groups excluding carboxylic acids is 1. The Balaban J connectivity index is 1.69. The fourth-order valence-electron chi connectivity index (χ4n) is 2.22. The van der Waals surface area contributed by atoms with E-state index >= 15 is 0 Å². The molecule has 19 heavy (non-hydrogen) atoms. The summed E-state index contributed by atoms with van der Waals surface area (Å²) >= 11 is 0. The number of hydrogen-bond acceptors (Lipinski definition) is 5. The van der Waals surface area contributed by atoms with Crippen molar-refractivity contribution in [3.05, 3.63) is 41.5 Å². The lowest BCUT2D eigenvalue weighted by Gasteiger charge is -2.25. The maximum absolute atomic E-state index is 12.2. The molecule has 0 unspecified atom stereocenters. The fraction of sp³-hybridized carbons (Fsp3) is 0.308. The summed E-state index contributed by atoms with van der Waals surface area (Å²) in [5, 5.41) is 0. The number of hydrogen-bond donors (Lipinski definition) is 1. The van der Waals surface area contributed by atoms with Crippen LogP contribution in [0.2, 0.25) is 0 Å². The van der Waals surface area contributed by atoms with Gasteiger partial charge in [-0.05, 0) is 17.7 Å². The van der Waals surface area contributed by atoms with E-state index in [0.717, 1.165) is 11.3 Å². The Morgan fingerprint density at radius 3 is 3.00 bits per heavy atom. The molecule has 98 valence electrons. The van der Waals surface area contributed by atoms with Crippen molar-refractivity contribution in [2.75, 3.05) is 12.3 Å². The van der Waals surface area contributed by atoms with E-state index in [1.54, 1.807) is 17.3 Å². The normalized spacial score (nSPS) is 14.2. The number of pyridine rings is 1. The maximum Gasteiger partial charge on any atom is 0.292 e. The van der Waals surface area contributed by atoms with Crippen molar-refractivity contribution in [3.63, 3.8) is 0 Å². The summed E-state index contributed by atoms with van der Waals surface area (Å²) in [7, 11) is 0. The van der Waals surface area contributed by atoms with E-state index < -0.39 is 0 Å². The number of amides is 1. The predicted molar refractivity (Wildman–Crippen MR) is 68.0 cm³/mol. The number of oxazole rings is 1. The van der Waals surface area contributed by atoms with Gasteiger partial charge in [-0.25, -0.2) is 0 Å². The molecule has 1 aliphatic heterocycles. The Kier molecular flexibility index (Phi) is 2.91. The van der Waals surface area contributed by atoms with Crippen LogP contribution < -0.4 is 5.73 Å². The summed E-state index contributed by atoms with van der Waals surface area (Å²) < 4.78 is 5.30. The van der Waals surface area contributed by atoms with Crippen LogP contribution in [-0.2, 0) is 24.2 Å². The molecule has 3 heterocycles. The van der Waals surface area contributed by atoms with Gasteiger partial charge in [0.05, 0.1) is 18.7 Å².